The fourth-order valence-electron chi connectivity index (χ4n) is 1.49. The Hall–Kier alpha value is -2.81. The van der Waals surface area contributed by atoms with E-state index in [4.69, 9.17) is 15.1 Å². The molecule has 0 spiro atoms. The number of para-hydroxylation sites is 1. The number of esters is 1. The first kappa shape index (κ1) is 15.2. The zero-order valence-corrected chi connectivity index (χ0v) is 11.0. The van der Waals surface area contributed by atoms with Gasteiger partial charge in [-0.15, -0.1) is 0 Å². The molecule has 0 bridgehead atoms. The number of rotatable bonds is 4. The van der Waals surface area contributed by atoms with Crippen LogP contribution in [0.5, 0.6) is 5.75 Å². The molecule has 6 heteroatoms. The standard InChI is InChI=1S/C14H13NO5/c1-8(2)20-12(16)6-9(7-15)10-4-3-5-11(13(10)17)14(18)19/h3-6,8,17H,1-2H3,(H,18,19). The van der Waals surface area contributed by atoms with Gasteiger partial charge in [0.05, 0.1) is 11.7 Å². The minimum atomic E-state index is -1.33. The summed E-state index contributed by atoms with van der Waals surface area (Å²) in [7, 11) is 0. The molecule has 6 nitrogen and oxygen atoms in total. The predicted octanol–water partition coefficient (Wildman–Crippen LogP) is 1.95. The van der Waals surface area contributed by atoms with Gasteiger partial charge >= 0.3 is 11.9 Å². The summed E-state index contributed by atoms with van der Waals surface area (Å²) in [6, 6.07) is 5.65. The molecule has 0 amide bonds. The van der Waals surface area contributed by atoms with Crippen LogP contribution in [0.15, 0.2) is 24.3 Å². The van der Waals surface area contributed by atoms with Gasteiger partial charge < -0.3 is 14.9 Å². The lowest BCUT2D eigenvalue weighted by atomic mass is 10.0. The van der Waals surface area contributed by atoms with Gasteiger partial charge in [-0.25, -0.2) is 9.59 Å². The molecule has 1 aromatic carbocycles. The molecule has 20 heavy (non-hydrogen) atoms. The smallest absolute Gasteiger partial charge is 0.339 e. The average Bonchev–Trinajstić information content (AvgIpc) is 2.35. The van der Waals surface area contributed by atoms with Gasteiger partial charge in [0.2, 0.25) is 0 Å². The molecule has 1 rings (SSSR count). The predicted molar refractivity (Wildman–Crippen MR) is 69.9 cm³/mol. The molecule has 0 saturated heterocycles. The molecule has 0 atom stereocenters. The van der Waals surface area contributed by atoms with Crippen molar-refractivity contribution in [2.75, 3.05) is 0 Å². The molecular formula is C14H13NO5. The molecule has 2 N–H and O–H groups in total. The first-order valence-corrected chi connectivity index (χ1v) is 5.74. The third-order valence-corrected chi connectivity index (χ3v) is 2.29. The van der Waals surface area contributed by atoms with Crippen molar-refractivity contribution in [3.8, 4) is 11.8 Å². The quantitative estimate of drug-likeness (QED) is 0.494. The van der Waals surface area contributed by atoms with Crippen LogP contribution in [0.3, 0.4) is 0 Å². The summed E-state index contributed by atoms with van der Waals surface area (Å²) in [4.78, 5) is 22.4. The second kappa shape index (κ2) is 6.38. The summed E-state index contributed by atoms with van der Waals surface area (Å²) < 4.78 is 4.86. The number of nitriles is 1. The van der Waals surface area contributed by atoms with Crippen LogP contribution in [0.2, 0.25) is 0 Å². The number of hydrogen-bond donors (Lipinski definition) is 2. The van der Waals surface area contributed by atoms with E-state index in [1.165, 1.54) is 18.2 Å². The topological polar surface area (TPSA) is 108 Å². The number of allylic oxidation sites excluding steroid dienone is 1. The maximum atomic E-state index is 11.5. The Bertz CT molecular complexity index is 610. The Morgan fingerprint density at radius 2 is 1.95 bits per heavy atom. The molecular weight excluding hydrogens is 262 g/mol. The Kier molecular flexibility index (Phi) is 4.87. The minimum Gasteiger partial charge on any atom is -0.506 e. The van der Waals surface area contributed by atoms with Crippen molar-refractivity contribution in [2.24, 2.45) is 0 Å². The van der Waals surface area contributed by atoms with Gasteiger partial charge in [0.15, 0.2) is 0 Å². The Balaban J connectivity index is 3.24. The van der Waals surface area contributed by atoms with E-state index < -0.39 is 17.7 Å². The van der Waals surface area contributed by atoms with Crippen molar-refractivity contribution < 1.29 is 24.5 Å². The van der Waals surface area contributed by atoms with Crippen LogP contribution >= 0.6 is 0 Å². The first-order chi connectivity index (χ1) is 9.36. The number of carbonyl (C=O) groups excluding carboxylic acids is 1. The first-order valence-electron chi connectivity index (χ1n) is 5.74. The molecule has 1 aromatic rings. The molecule has 104 valence electrons. The molecule has 0 aliphatic rings. The van der Waals surface area contributed by atoms with Gasteiger partial charge in [-0.1, -0.05) is 6.07 Å². The van der Waals surface area contributed by atoms with E-state index in [1.54, 1.807) is 19.9 Å². The van der Waals surface area contributed by atoms with Gasteiger partial charge in [0.25, 0.3) is 0 Å². The molecule has 0 unspecified atom stereocenters. The highest BCUT2D eigenvalue weighted by Gasteiger charge is 2.16. The Morgan fingerprint density at radius 3 is 2.45 bits per heavy atom. The maximum absolute atomic E-state index is 11.5. The van der Waals surface area contributed by atoms with Crippen LogP contribution in [0.1, 0.15) is 29.8 Å². The molecule has 0 radical (unpaired) electrons. The van der Waals surface area contributed by atoms with Crippen LogP contribution in [0.25, 0.3) is 5.57 Å². The van der Waals surface area contributed by atoms with Crippen molar-refractivity contribution in [3.63, 3.8) is 0 Å². The van der Waals surface area contributed by atoms with Crippen molar-refractivity contribution in [3.05, 3.63) is 35.4 Å². The summed E-state index contributed by atoms with van der Waals surface area (Å²) in [5.41, 5.74) is -0.551. The van der Waals surface area contributed by atoms with Crippen molar-refractivity contribution >= 4 is 17.5 Å². The maximum Gasteiger partial charge on any atom is 0.339 e. The number of hydrogen-bond acceptors (Lipinski definition) is 5. The highest BCUT2D eigenvalue weighted by atomic mass is 16.5. The lowest BCUT2D eigenvalue weighted by Crippen LogP contribution is -2.09. The van der Waals surface area contributed by atoms with E-state index in [0.717, 1.165) is 6.08 Å². The summed E-state index contributed by atoms with van der Waals surface area (Å²) >= 11 is 0. The van der Waals surface area contributed by atoms with E-state index in [9.17, 15) is 14.7 Å². The number of benzene rings is 1. The number of carboxylic acids is 1. The molecule has 0 heterocycles. The fraction of sp³-hybridized carbons (Fsp3) is 0.214. The van der Waals surface area contributed by atoms with Gasteiger partial charge in [-0.3, -0.25) is 0 Å². The zero-order valence-electron chi connectivity index (χ0n) is 11.0. The second-order valence-corrected chi connectivity index (χ2v) is 4.16. The monoisotopic (exact) mass is 275 g/mol. The third-order valence-electron chi connectivity index (χ3n) is 2.29. The fourth-order valence-corrected chi connectivity index (χ4v) is 1.49. The normalized spacial score (nSPS) is 11.0. The minimum absolute atomic E-state index is 0.0342. The second-order valence-electron chi connectivity index (χ2n) is 4.16. The summed E-state index contributed by atoms with van der Waals surface area (Å²) in [5.74, 6) is -2.63. The van der Waals surface area contributed by atoms with Gasteiger partial charge in [0.1, 0.15) is 17.4 Å². The number of ether oxygens (including phenoxy) is 1. The van der Waals surface area contributed by atoms with Gasteiger partial charge in [-0.05, 0) is 26.0 Å². The number of carboxylic acid groups (broad SMARTS) is 1. The molecule has 0 fully saturated rings. The van der Waals surface area contributed by atoms with E-state index in [-0.39, 0.29) is 22.8 Å². The largest absolute Gasteiger partial charge is 0.506 e. The van der Waals surface area contributed by atoms with Crippen LogP contribution in [-0.4, -0.2) is 28.3 Å². The van der Waals surface area contributed by atoms with Crippen LogP contribution < -0.4 is 0 Å². The van der Waals surface area contributed by atoms with Crippen LogP contribution in [-0.2, 0) is 9.53 Å². The third kappa shape index (κ3) is 3.59. The summed E-state index contributed by atoms with van der Waals surface area (Å²) in [5, 5.41) is 27.8. The van der Waals surface area contributed by atoms with Crippen molar-refractivity contribution in [1.29, 1.82) is 5.26 Å². The average molecular weight is 275 g/mol. The molecule has 0 saturated carbocycles. The van der Waals surface area contributed by atoms with E-state index in [0.29, 0.717) is 0 Å². The Labute approximate surface area is 115 Å². The SMILES string of the molecule is CC(C)OC(=O)C=C(C#N)c1cccc(C(=O)O)c1O. The number of aromatic carboxylic acids is 1. The van der Waals surface area contributed by atoms with Crippen molar-refractivity contribution in [2.45, 2.75) is 20.0 Å². The van der Waals surface area contributed by atoms with E-state index in [2.05, 4.69) is 0 Å². The number of aromatic hydroxyl groups is 1. The van der Waals surface area contributed by atoms with Gasteiger partial charge in [-0.2, -0.15) is 5.26 Å². The Morgan fingerprint density at radius 1 is 1.35 bits per heavy atom. The number of phenols is 1. The van der Waals surface area contributed by atoms with Gasteiger partial charge in [0, 0.05) is 11.6 Å². The number of carbonyl (C=O) groups is 2. The lowest BCUT2D eigenvalue weighted by Gasteiger charge is -2.07. The molecule has 0 aromatic heterocycles. The highest BCUT2D eigenvalue weighted by molar-refractivity contribution is 5.99. The lowest BCUT2D eigenvalue weighted by molar-refractivity contribution is -0.141. The zero-order chi connectivity index (χ0) is 15.3. The van der Waals surface area contributed by atoms with E-state index >= 15 is 0 Å². The summed E-state index contributed by atoms with van der Waals surface area (Å²) in [6.07, 6.45) is 0.568. The number of nitrogens with zero attached hydrogens (tertiary/aromatic N) is 1. The molecule has 0 aliphatic carbocycles. The van der Waals surface area contributed by atoms with E-state index in [1.807, 2.05) is 0 Å². The molecule has 0 aliphatic heterocycles. The van der Waals surface area contributed by atoms with Crippen LogP contribution in [0.4, 0.5) is 0 Å². The summed E-state index contributed by atoms with van der Waals surface area (Å²) in [6.45, 7) is 3.31. The highest BCUT2D eigenvalue weighted by Crippen LogP contribution is 2.28. The van der Waals surface area contributed by atoms with Crippen LogP contribution in [0, 0.1) is 11.3 Å². The van der Waals surface area contributed by atoms with Crippen molar-refractivity contribution in [1.82, 2.24) is 0 Å².